The van der Waals surface area contributed by atoms with Gasteiger partial charge in [-0.25, -0.2) is 0 Å². The molecule has 3 heteroatoms. The molecule has 0 unspecified atom stereocenters. The van der Waals surface area contributed by atoms with E-state index in [0.717, 1.165) is 16.5 Å². The molecule has 0 aliphatic rings. The molecule has 1 aromatic carbocycles. The summed E-state index contributed by atoms with van der Waals surface area (Å²) in [6.45, 7) is 1.82. The van der Waals surface area contributed by atoms with Gasteiger partial charge in [0.05, 0.1) is 5.56 Å². The molecule has 0 spiro atoms. The van der Waals surface area contributed by atoms with Gasteiger partial charge in [-0.1, -0.05) is 18.2 Å². The number of hydrogen-bond acceptors (Lipinski definition) is 3. The highest BCUT2D eigenvalue weighted by atomic mass is 16.3. The van der Waals surface area contributed by atoms with Crippen LogP contribution < -0.4 is 0 Å². The summed E-state index contributed by atoms with van der Waals surface area (Å²) < 4.78 is 5.18. The summed E-state index contributed by atoms with van der Waals surface area (Å²) in [7, 11) is 0. The Morgan fingerprint density at radius 1 is 1.28 bits per heavy atom. The normalized spacial score (nSPS) is 10.7. The second kappa shape index (κ2) is 4.11. The number of aromatic nitrogens is 1. The lowest BCUT2D eigenvalue weighted by molar-refractivity contribution is 0.103. The molecule has 2 heterocycles. The van der Waals surface area contributed by atoms with Crippen LogP contribution in [0.1, 0.15) is 21.7 Å². The molecule has 0 saturated carbocycles. The molecule has 88 valence electrons. The molecule has 18 heavy (non-hydrogen) atoms. The number of aryl methyl sites for hydroxylation is 1. The average Bonchev–Trinajstić information content (AvgIpc) is 2.84. The number of fused-ring (bicyclic) bond motifs is 1. The molecule has 3 aromatic rings. The summed E-state index contributed by atoms with van der Waals surface area (Å²) >= 11 is 0. The number of ketones is 1. The fraction of sp³-hybridized carbons (Fsp3) is 0.0667. The van der Waals surface area contributed by atoms with Crippen LogP contribution in [0.3, 0.4) is 0 Å². The number of pyridine rings is 1. The molecule has 0 fully saturated rings. The maximum absolute atomic E-state index is 12.4. The van der Waals surface area contributed by atoms with Crippen molar-refractivity contribution in [1.29, 1.82) is 0 Å². The molecule has 0 N–H and O–H groups in total. The highest BCUT2D eigenvalue weighted by Gasteiger charge is 2.14. The third-order valence-electron chi connectivity index (χ3n) is 2.92. The predicted molar refractivity (Wildman–Crippen MR) is 68.6 cm³/mol. The minimum atomic E-state index is -0.0366. The molecule has 0 atom stereocenters. The molecule has 0 aliphatic carbocycles. The fourth-order valence-electron chi connectivity index (χ4n) is 2.03. The first kappa shape index (κ1) is 10.7. The Labute approximate surface area is 104 Å². The van der Waals surface area contributed by atoms with Crippen molar-refractivity contribution in [3.8, 4) is 0 Å². The van der Waals surface area contributed by atoms with E-state index in [0.29, 0.717) is 11.1 Å². The van der Waals surface area contributed by atoms with Gasteiger partial charge in [0.15, 0.2) is 5.78 Å². The fourth-order valence-corrected chi connectivity index (χ4v) is 2.03. The largest absolute Gasteiger partial charge is 0.469 e. The summed E-state index contributed by atoms with van der Waals surface area (Å²) in [4.78, 5) is 16.5. The van der Waals surface area contributed by atoms with Gasteiger partial charge >= 0.3 is 0 Å². The number of furan rings is 1. The van der Waals surface area contributed by atoms with Crippen molar-refractivity contribution in [2.75, 3.05) is 0 Å². The lowest BCUT2D eigenvalue weighted by Gasteiger charge is -2.03. The summed E-state index contributed by atoms with van der Waals surface area (Å²) in [5.74, 6) is 0.696. The maximum atomic E-state index is 12.4. The van der Waals surface area contributed by atoms with E-state index >= 15 is 0 Å². The Kier molecular flexibility index (Phi) is 2.45. The minimum Gasteiger partial charge on any atom is -0.469 e. The molecule has 0 saturated heterocycles. The molecule has 3 nitrogen and oxygen atoms in total. The zero-order valence-electron chi connectivity index (χ0n) is 9.88. The van der Waals surface area contributed by atoms with Gasteiger partial charge in [0.2, 0.25) is 0 Å². The van der Waals surface area contributed by atoms with Gasteiger partial charge in [-0.05, 0) is 24.4 Å². The van der Waals surface area contributed by atoms with Gasteiger partial charge in [0.25, 0.3) is 0 Å². The SMILES string of the molecule is Cc1cc(C(=O)c2cccc3ccncc23)co1. The Morgan fingerprint density at radius 3 is 2.94 bits per heavy atom. The second-order valence-corrected chi connectivity index (χ2v) is 4.18. The number of carbonyl (C=O) groups is 1. The summed E-state index contributed by atoms with van der Waals surface area (Å²) in [6, 6.07) is 9.30. The molecule has 0 radical (unpaired) electrons. The molecule has 0 amide bonds. The van der Waals surface area contributed by atoms with E-state index in [1.54, 1.807) is 18.5 Å². The van der Waals surface area contributed by atoms with Crippen molar-refractivity contribution in [1.82, 2.24) is 4.98 Å². The molecule has 0 aliphatic heterocycles. The molecule has 0 bridgehead atoms. The highest BCUT2D eigenvalue weighted by Crippen LogP contribution is 2.21. The van der Waals surface area contributed by atoms with Crippen LogP contribution in [0, 0.1) is 6.92 Å². The Morgan fingerprint density at radius 2 is 2.17 bits per heavy atom. The standard InChI is InChI=1S/C15H11NO2/c1-10-7-12(9-18-10)15(17)13-4-2-3-11-5-6-16-8-14(11)13/h2-9H,1H3. The maximum Gasteiger partial charge on any atom is 0.196 e. The number of hydrogen-bond donors (Lipinski definition) is 0. The summed E-state index contributed by atoms with van der Waals surface area (Å²) in [5, 5.41) is 1.87. The van der Waals surface area contributed by atoms with Gasteiger partial charge in [0.1, 0.15) is 12.0 Å². The topological polar surface area (TPSA) is 43.1 Å². The van der Waals surface area contributed by atoms with E-state index in [4.69, 9.17) is 4.42 Å². The molecule has 2 aromatic heterocycles. The lowest BCUT2D eigenvalue weighted by Crippen LogP contribution is -2.00. The smallest absolute Gasteiger partial charge is 0.196 e. The number of carbonyl (C=O) groups excluding carboxylic acids is 1. The molecule has 3 rings (SSSR count). The van der Waals surface area contributed by atoms with Gasteiger partial charge in [-0.15, -0.1) is 0 Å². The van der Waals surface area contributed by atoms with Crippen molar-refractivity contribution in [2.24, 2.45) is 0 Å². The van der Waals surface area contributed by atoms with Gasteiger partial charge in [-0.3, -0.25) is 9.78 Å². The van der Waals surface area contributed by atoms with E-state index in [-0.39, 0.29) is 5.78 Å². The van der Waals surface area contributed by atoms with Crippen molar-refractivity contribution in [2.45, 2.75) is 6.92 Å². The van der Waals surface area contributed by atoms with Crippen molar-refractivity contribution in [3.63, 3.8) is 0 Å². The highest BCUT2D eigenvalue weighted by molar-refractivity contribution is 6.16. The van der Waals surface area contributed by atoms with E-state index in [9.17, 15) is 4.79 Å². The summed E-state index contributed by atoms with van der Waals surface area (Å²) in [5.41, 5.74) is 1.23. The van der Waals surface area contributed by atoms with Crippen molar-refractivity contribution < 1.29 is 9.21 Å². The van der Waals surface area contributed by atoms with E-state index in [1.165, 1.54) is 6.26 Å². The monoisotopic (exact) mass is 237 g/mol. The van der Waals surface area contributed by atoms with Gasteiger partial charge in [0, 0.05) is 23.3 Å². The van der Waals surface area contributed by atoms with Gasteiger partial charge < -0.3 is 4.42 Å². The van der Waals surface area contributed by atoms with E-state index in [2.05, 4.69) is 4.98 Å². The summed E-state index contributed by atoms with van der Waals surface area (Å²) in [6.07, 6.45) is 4.93. The first-order valence-electron chi connectivity index (χ1n) is 5.68. The van der Waals surface area contributed by atoms with Crippen LogP contribution in [0.2, 0.25) is 0 Å². The van der Waals surface area contributed by atoms with Crippen LogP contribution >= 0.6 is 0 Å². The van der Waals surface area contributed by atoms with Gasteiger partial charge in [-0.2, -0.15) is 0 Å². The van der Waals surface area contributed by atoms with E-state index in [1.807, 2.05) is 31.2 Å². The second-order valence-electron chi connectivity index (χ2n) is 4.18. The lowest BCUT2D eigenvalue weighted by atomic mass is 10.00. The first-order chi connectivity index (χ1) is 8.75. The Hall–Kier alpha value is -2.42. The van der Waals surface area contributed by atoms with Crippen LogP contribution in [0.4, 0.5) is 0 Å². The van der Waals surface area contributed by atoms with Crippen molar-refractivity contribution >= 4 is 16.6 Å². The van der Waals surface area contributed by atoms with E-state index < -0.39 is 0 Å². The number of nitrogens with zero attached hydrogens (tertiary/aromatic N) is 1. The quantitative estimate of drug-likeness (QED) is 0.642. The van der Waals surface area contributed by atoms with Crippen LogP contribution in [-0.2, 0) is 0 Å². The molecular weight excluding hydrogens is 226 g/mol. The number of rotatable bonds is 2. The zero-order valence-corrected chi connectivity index (χ0v) is 9.88. The van der Waals surface area contributed by atoms with Crippen LogP contribution in [0.25, 0.3) is 10.8 Å². The Balaban J connectivity index is 2.17. The average molecular weight is 237 g/mol. The van der Waals surface area contributed by atoms with Crippen molar-refractivity contribution in [3.05, 3.63) is 65.9 Å². The van der Waals surface area contributed by atoms with Crippen LogP contribution in [-0.4, -0.2) is 10.8 Å². The third-order valence-corrected chi connectivity index (χ3v) is 2.92. The zero-order chi connectivity index (χ0) is 12.5. The predicted octanol–water partition coefficient (Wildman–Crippen LogP) is 3.37. The minimum absolute atomic E-state index is 0.0366. The first-order valence-corrected chi connectivity index (χ1v) is 5.68. The van der Waals surface area contributed by atoms with Crippen LogP contribution in [0.5, 0.6) is 0 Å². The Bertz CT molecular complexity index is 723. The number of benzene rings is 1. The molecular formula is C15H11NO2. The van der Waals surface area contributed by atoms with Crippen LogP contribution in [0.15, 0.2) is 53.4 Å². The third kappa shape index (κ3) is 1.70.